The summed E-state index contributed by atoms with van der Waals surface area (Å²) in [6, 6.07) is 6.34. The number of aliphatic hydroxyl groups excluding tert-OH is 1. The first kappa shape index (κ1) is 12.4. The first-order valence-corrected chi connectivity index (χ1v) is 6.39. The van der Waals surface area contributed by atoms with Gasteiger partial charge in [-0.2, -0.15) is 0 Å². The van der Waals surface area contributed by atoms with Crippen LogP contribution in [0.3, 0.4) is 0 Å². The molecule has 0 fully saturated rings. The maximum absolute atomic E-state index is 9.49. The van der Waals surface area contributed by atoms with Gasteiger partial charge < -0.3 is 15.5 Å². The Morgan fingerprint density at radius 3 is 3.06 bits per heavy atom. The van der Waals surface area contributed by atoms with E-state index in [0.717, 1.165) is 25.7 Å². The van der Waals surface area contributed by atoms with Crippen LogP contribution in [0.2, 0.25) is 0 Å². The van der Waals surface area contributed by atoms with Crippen molar-refractivity contribution in [1.29, 1.82) is 0 Å². The molecule has 2 rings (SSSR count). The van der Waals surface area contributed by atoms with E-state index in [1.807, 2.05) is 12.1 Å². The molecule has 0 heterocycles. The molecule has 0 bridgehead atoms. The summed E-state index contributed by atoms with van der Waals surface area (Å²) in [5, 5.41) is 22.0. The highest BCUT2D eigenvalue weighted by atomic mass is 16.3. The van der Waals surface area contributed by atoms with Gasteiger partial charge in [0.2, 0.25) is 0 Å². The largest absolute Gasteiger partial charge is 0.508 e. The number of nitrogens with one attached hydrogen (secondary N) is 1. The van der Waals surface area contributed by atoms with Crippen molar-refractivity contribution in [1.82, 2.24) is 5.32 Å². The molecule has 0 saturated heterocycles. The zero-order valence-corrected chi connectivity index (χ0v) is 10.3. The van der Waals surface area contributed by atoms with E-state index in [1.54, 1.807) is 6.07 Å². The molecular weight excluding hydrogens is 214 g/mol. The smallest absolute Gasteiger partial charge is 0.115 e. The Bertz CT molecular complexity index is 378. The van der Waals surface area contributed by atoms with E-state index in [4.69, 9.17) is 5.11 Å². The van der Waals surface area contributed by atoms with Crippen LogP contribution in [0.1, 0.15) is 43.4 Å². The van der Waals surface area contributed by atoms with Gasteiger partial charge in [0, 0.05) is 18.7 Å². The molecule has 0 saturated carbocycles. The molecule has 2 atom stereocenters. The van der Waals surface area contributed by atoms with Crippen molar-refractivity contribution in [3.05, 3.63) is 29.3 Å². The van der Waals surface area contributed by atoms with E-state index < -0.39 is 0 Å². The molecule has 2 unspecified atom stereocenters. The molecule has 0 radical (unpaired) electrons. The number of hydrogen-bond acceptors (Lipinski definition) is 3. The number of phenolic OH excluding ortho intramolecular Hbond substituents is 1. The average Bonchev–Trinajstić information content (AvgIpc) is 2.29. The Balaban J connectivity index is 2.11. The van der Waals surface area contributed by atoms with Crippen molar-refractivity contribution >= 4 is 0 Å². The van der Waals surface area contributed by atoms with E-state index in [1.165, 1.54) is 11.1 Å². The molecule has 0 amide bonds. The lowest BCUT2D eigenvalue weighted by molar-refractivity contribution is 0.260. The highest BCUT2D eigenvalue weighted by Crippen LogP contribution is 2.32. The van der Waals surface area contributed by atoms with Crippen LogP contribution in [-0.2, 0) is 6.42 Å². The molecule has 94 valence electrons. The first-order valence-electron chi connectivity index (χ1n) is 6.39. The fourth-order valence-electron chi connectivity index (χ4n) is 2.59. The Morgan fingerprint density at radius 1 is 1.47 bits per heavy atom. The molecule has 1 aliphatic rings. The van der Waals surface area contributed by atoms with Crippen LogP contribution in [0.25, 0.3) is 0 Å². The number of hydrogen-bond donors (Lipinski definition) is 3. The standard InChI is InChI=1S/C14H21NO2/c1-10(7-8-16)15-14-4-2-3-11-9-12(17)5-6-13(11)14/h5-6,9-10,14-17H,2-4,7-8H2,1H3. The number of benzene rings is 1. The van der Waals surface area contributed by atoms with Gasteiger partial charge in [0.15, 0.2) is 0 Å². The maximum Gasteiger partial charge on any atom is 0.115 e. The Labute approximate surface area is 102 Å². The summed E-state index contributed by atoms with van der Waals surface area (Å²) < 4.78 is 0. The van der Waals surface area contributed by atoms with E-state index in [2.05, 4.69) is 12.2 Å². The lowest BCUT2D eigenvalue weighted by Gasteiger charge is -2.29. The maximum atomic E-state index is 9.49. The molecular formula is C14H21NO2. The van der Waals surface area contributed by atoms with Crippen LogP contribution in [-0.4, -0.2) is 22.9 Å². The minimum atomic E-state index is 0.226. The van der Waals surface area contributed by atoms with Crippen molar-refractivity contribution < 1.29 is 10.2 Å². The first-order chi connectivity index (χ1) is 8.20. The summed E-state index contributed by atoms with van der Waals surface area (Å²) in [5.74, 6) is 0.354. The van der Waals surface area contributed by atoms with Gasteiger partial charge in [0.1, 0.15) is 5.75 Å². The molecule has 1 aliphatic carbocycles. The monoisotopic (exact) mass is 235 g/mol. The molecule has 17 heavy (non-hydrogen) atoms. The third-order valence-corrected chi connectivity index (χ3v) is 3.49. The molecule has 0 aliphatic heterocycles. The fourth-order valence-corrected chi connectivity index (χ4v) is 2.59. The minimum absolute atomic E-state index is 0.226. The Morgan fingerprint density at radius 2 is 2.29 bits per heavy atom. The number of fused-ring (bicyclic) bond motifs is 1. The quantitative estimate of drug-likeness (QED) is 0.749. The van der Waals surface area contributed by atoms with Crippen LogP contribution >= 0.6 is 0 Å². The Hall–Kier alpha value is -1.06. The van der Waals surface area contributed by atoms with Crippen molar-refractivity contribution in [2.24, 2.45) is 0 Å². The van der Waals surface area contributed by atoms with Gasteiger partial charge in [-0.1, -0.05) is 6.07 Å². The number of rotatable bonds is 4. The molecule has 1 aromatic rings. The van der Waals surface area contributed by atoms with E-state index >= 15 is 0 Å². The number of aromatic hydroxyl groups is 1. The fraction of sp³-hybridized carbons (Fsp3) is 0.571. The van der Waals surface area contributed by atoms with E-state index in [0.29, 0.717) is 17.8 Å². The SMILES string of the molecule is CC(CCO)NC1CCCc2cc(O)ccc21. The predicted octanol–water partition coefficient (Wildman–Crippen LogP) is 2.13. The second-order valence-corrected chi connectivity index (χ2v) is 4.91. The van der Waals surface area contributed by atoms with Crippen LogP contribution < -0.4 is 5.32 Å². The third-order valence-electron chi connectivity index (χ3n) is 3.49. The zero-order valence-electron chi connectivity index (χ0n) is 10.3. The molecule has 0 spiro atoms. The average molecular weight is 235 g/mol. The van der Waals surface area contributed by atoms with Gasteiger partial charge in [-0.25, -0.2) is 0 Å². The molecule has 1 aromatic carbocycles. The Kier molecular flexibility index (Phi) is 4.02. The predicted molar refractivity (Wildman–Crippen MR) is 68.1 cm³/mol. The second-order valence-electron chi connectivity index (χ2n) is 4.91. The normalized spacial score (nSPS) is 20.9. The summed E-state index contributed by atoms with van der Waals surface area (Å²) in [6.45, 7) is 2.33. The van der Waals surface area contributed by atoms with Gasteiger partial charge in [-0.05, 0) is 55.9 Å². The van der Waals surface area contributed by atoms with E-state index in [-0.39, 0.29) is 6.61 Å². The third kappa shape index (κ3) is 2.99. The number of aryl methyl sites for hydroxylation is 1. The summed E-state index contributed by atoms with van der Waals surface area (Å²) in [7, 11) is 0. The number of aliphatic hydroxyl groups is 1. The van der Waals surface area contributed by atoms with Crippen LogP contribution in [0.4, 0.5) is 0 Å². The second kappa shape index (κ2) is 5.52. The lowest BCUT2D eigenvalue weighted by Crippen LogP contribution is -2.33. The molecule has 0 aromatic heterocycles. The summed E-state index contributed by atoms with van der Waals surface area (Å²) >= 11 is 0. The van der Waals surface area contributed by atoms with Gasteiger partial charge in [-0.15, -0.1) is 0 Å². The van der Waals surface area contributed by atoms with Crippen LogP contribution in [0, 0.1) is 0 Å². The van der Waals surface area contributed by atoms with Gasteiger partial charge >= 0.3 is 0 Å². The molecule has 3 nitrogen and oxygen atoms in total. The zero-order chi connectivity index (χ0) is 12.3. The lowest BCUT2D eigenvalue weighted by atomic mass is 9.87. The van der Waals surface area contributed by atoms with Crippen LogP contribution in [0.15, 0.2) is 18.2 Å². The molecule has 3 N–H and O–H groups in total. The van der Waals surface area contributed by atoms with Gasteiger partial charge in [0.25, 0.3) is 0 Å². The van der Waals surface area contributed by atoms with E-state index in [9.17, 15) is 5.11 Å². The summed E-state index contributed by atoms with van der Waals surface area (Å²) in [6.07, 6.45) is 4.12. The van der Waals surface area contributed by atoms with Crippen molar-refractivity contribution in [3.8, 4) is 5.75 Å². The number of phenols is 1. The summed E-state index contributed by atoms with van der Waals surface area (Å²) in [5.41, 5.74) is 2.56. The van der Waals surface area contributed by atoms with Crippen molar-refractivity contribution in [3.63, 3.8) is 0 Å². The topological polar surface area (TPSA) is 52.5 Å². The van der Waals surface area contributed by atoms with Gasteiger partial charge in [-0.3, -0.25) is 0 Å². The van der Waals surface area contributed by atoms with Crippen molar-refractivity contribution in [2.45, 2.75) is 44.7 Å². The summed E-state index contributed by atoms with van der Waals surface area (Å²) in [4.78, 5) is 0. The highest BCUT2D eigenvalue weighted by molar-refractivity contribution is 5.38. The highest BCUT2D eigenvalue weighted by Gasteiger charge is 2.21. The molecule has 3 heteroatoms. The minimum Gasteiger partial charge on any atom is -0.508 e. The van der Waals surface area contributed by atoms with Crippen molar-refractivity contribution in [2.75, 3.05) is 6.61 Å². The van der Waals surface area contributed by atoms with Crippen LogP contribution in [0.5, 0.6) is 5.75 Å². The van der Waals surface area contributed by atoms with Gasteiger partial charge in [0.05, 0.1) is 0 Å².